The number of likely N-dealkylation sites (tertiary alicyclic amines) is 1. The van der Waals surface area contributed by atoms with Crippen molar-refractivity contribution >= 4 is 5.91 Å². The molecule has 1 amide bonds. The van der Waals surface area contributed by atoms with Crippen LogP contribution in [0.15, 0.2) is 0 Å². The quantitative estimate of drug-likeness (QED) is 0.740. The van der Waals surface area contributed by atoms with Crippen molar-refractivity contribution in [1.29, 1.82) is 0 Å². The summed E-state index contributed by atoms with van der Waals surface area (Å²) >= 11 is 0. The number of amides is 1. The smallest absolute Gasteiger partial charge is 0.225 e. The fourth-order valence-corrected chi connectivity index (χ4v) is 2.66. The van der Waals surface area contributed by atoms with Crippen LogP contribution in [0.2, 0.25) is 0 Å². The highest BCUT2D eigenvalue weighted by atomic mass is 16.5. The average molecular weight is 239 g/mol. The Balaban J connectivity index is 1.32. The first kappa shape index (κ1) is 11.5. The summed E-state index contributed by atoms with van der Waals surface area (Å²) in [4.78, 5) is 13.8. The monoisotopic (exact) mass is 239 g/mol. The molecule has 1 aliphatic carbocycles. The van der Waals surface area contributed by atoms with Crippen molar-refractivity contribution in [2.75, 3.05) is 26.3 Å². The molecule has 3 aliphatic rings. The van der Waals surface area contributed by atoms with Gasteiger partial charge in [0.05, 0.1) is 18.8 Å². The molecule has 2 heterocycles. The first-order valence-electron chi connectivity index (χ1n) is 6.85. The van der Waals surface area contributed by atoms with Crippen LogP contribution in [0, 0.1) is 5.92 Å². The lowest BCUT2D eigenvalue weighted by Crippen LogP contribution is -2.57. The minimum Gasteiger partial charge on any atom is -0.376 e. The van der Waals surface area contributed by atoms with Crippen LogP contribution in [-0.4, -0.2) is 49.3 Å². The summed E-state index contributed by atoms with van der Waals surface area (Å²) in [6, 6.07) is 0. The van der Waals surface area contributed by atoms with E-state index in [9.17, 15) is 4.79 Å². The average Bonchev–Trinajstić information content (AvgIpc) is 2.64. The van der Waals surface area contributed by atoms with Gasteiger partial charge in [0.1, 0.15) is 0 Å². The van der Waals surface area contributed by atoms with Crippen molar-refractivity contribution in [3.8, 4) is 0 Å². The molecule has 0 aromatic rings. The van der Waals surface area contributed by atoms with E-state index >= 15 is 0 Å². The molecule has 3 rings (SSSR count). The van der Waals surface area contributed by atoms with Crippen LogP contribution in [0.25, 0.3) is 0 Å². The first-order chi connectivity index (χ1) is 8.33. The normalized spacial score (nSPS) is 30.1. The second kappa shape index (κ2) is 4.94. The molecule has 4 nitrogen and oxygen atoms in total. The van der Waals surface area contributed by atoms with Crippen LogP contribution >= 0.6 is 0 Å². The zero-order valence-corrected chi connectivity index (χ0v) is 10.3. The van der Waals surface area contributed by atoms with Gasteiger partial charge in [0, 0.05) is 25.6 Å². The predicted molar refractivity (Wildman–Crippen MR) is 62.6 cm³/mol. The van der Waals surface area contributed by atoms with E-state index in [4.69, 9.17) is 9.47 Å². The van der Waals surface area contributed by atoms with Crippen LogP contribution in [0.4, 0.5) is 0 Å². The fraction of sp³-hybridized carbons (Fsp3) is 0.923. The number of nitrogens with zero attached hydrogens (tertiary/aromatic N) is 1. The van der Waals surface area contributed by atoms with Gasteiger partial charge in [-0.25, -0.2) is 0 Å². The number of carbonyl (C=O) groups excluding carboxylic acids is 1. The Labute approximate surface area is 102 Å². The lowest BCUT2D eigenvalue weighted by molar-refractivity contribution is -0.154. The SMILES string of the molecule is O=C(C1CCC1)N1CC(OCC2CCCO2)C1. The molecule has 96 valence electrons. The van der Waals surface area contributed by atoms with Crippen molar-refractivity contribution in [2.24, 2.45) is 5.92 Å². The summed E-state index contributed by atoms with van der Waals surface area (Å²) in [5.41, 5.74) is 0. The van der Waals surface area contributed by atoms with Gasteiger partial charge in [0.15, 0.2) is 0 Å². The minimum absolute atomic E-state index is 0.253. The van der Waals surface area contributed by atoms with Crippen LogP contribution in [0.3, 0.4) is 0 Å². The molecule has 1 saturated carbocycles. The maximum atomic E-state index is 11.9. The second-order valence-electron chi connectivity index (χ2n) is 5.46. The topological polar surface area (TPSA) is 38.8 Å². The molecular formula is C13H21NO3. The van der Waals surface area contributed by atoms with Crippen molar-refractivity contribution in [2.45, 2.75) is 44.3 Å². The van der Waals surface area contributed by atoms with Gasteiger partial charge in [-0.05, 0) is 25.7 Å². The number of ether oxygens (including phenoxy) is 2. The summed E-state index contributed by atoms with van der Waals surface area (Å²) < 4.78 is 11.3. The summed E-state index contributed by atoms with van der Waals surface area (Å²) in [5, 5.41) is 0. The zero-order valence-electron chi connectivity index (χ0n) is 10.3. The van der Waals surface area contributed by atoms with E-state index in [1.807, 2.05) is 4.90 Å². The van der Waals surface area contributed by atoms with Crippen molar-refractivity contribution in [3.63, 3.8) is 0 Å². The maximum Gasteiger partial charge on any atom is 0.225 e. The van der Waals surface area contributed by atoms with Gasteiger partial charge in [0.25, 0.3) is 0 Å². The van der Waals surface area contributed by atoms with Gasteiger partial charge in [-0.3, -0.25) is 4.79 Å². The third kappa shape index (κ3) is 2.47. The minimum atomic E-state index is 0.253. The lowest BCUT2D eigenvalue weighted by Gasteiger charge is -2.42. The first-order valence-corrected chi connectivity index (χ1v) is 6.85. The molecule has 1 atom stereocenters. The third-order valence-corrected chi connectivity index (χ3v) is 4.16. The molecule has 1 unspecified atom stereocenters. The van der Waals surface area contributed by atoms with Crippen LogP contribution in [0.1, 0.15) is 32.1 Å². The largest absolute Gasteiger partial charge is 0.376 e. The summed E-state index contributed by atoms with van der Waals surface area (Å²) in [5.74, 6) is 0.683. The zero-order chi connectivity index (χ0) is 11.7. The van der Waals surface area contributed by atoms with E-state index in [0.29, 0.717) is 24.5 Å². The van der Waals surface area contributed by atoms with Crippen molar-refractivity contribution < 1.29 is 14.3 Å². The van der Waals surface area contributed by atoms with E-state index in [0.717, 1.165) is 45.4 Å². The highest BCUT2D eigenvalue weighted by Crippen LogP contribution is 2.30. The Morgan fingerprint density at radius 1 is 1.24 bits per heavy atom. The van der Waals surface area contributed by atoms with Crippen molar-refractivity contribution in [1.82, 2.24) is 4.90 Å². The molecule has 0 aromatic carbocycles. The highest BCUT2D eigenvalue weighted by molar-refractivity contribution is 5.80. The van der Waals surface area contributed by atoms with Crippen molar-refractivity contribution in [3.05, 3.63) is 0 Å². The molecule has 4 heteroatoms. The molecule has 0 aromatic heterocycles. The van der Waals surface area contributed by atoms with E-state index in [-0.39, 0.29) is 6.10 Å². The highest BCUT2D eigenvalue weighted by Gasteiger charge is 2.37. The van der Waals surface area contributed by atoms with E-state index < -0.39 is 0 Å². The lowest BCUT2D eigenvalue weighted by atomic mass is 9.83. The van der Waals surface area contributed by atoms with E-state index in [1.54, 1.807) is 0 Å². The number of hydrogen-bond donors (Lipinski definition) is 0. The van der Waals surface area contributed by atoms with Gasteiger partial charge in [-0.1, -0.05) is 6.42 Å². The Bertz CT molecular complexity index is 278. The third-order valence-electron chi connectivity index (χ3n) is 4.16. The van der Waals surface area contributed by atoms with E-state index in [1.165, 1.54) is 6.42 Å². The Morgan fingerprint density at radius 3 is 2.65 bits per heavy atom. The molecule has 0 spiro atoms. The summed E-state index contributed by atoms with van der Waals surface area (Å²) in [6.07, 6.45) is 6.24. The van der Waals surface area contributed by atoms with Gasteiger partial charge in [-0.15, -0.1) is 0 Å². The van der Waals surface area contributed by atoms with Gasteiger partial charge >= 0.3 is 0 Å². The fourth-order valence-electron chi connectivity index (χ4n) is 2.66. The van der Waals surface area contributed by atoms with Crippen LogP contribution in [-0.2, 0) is 14.3 Å². The Morgan fingerprint density at radius 2 is 2.06 bits per heavy atom. The van der Waals surface area contributed by atoms with Gasteiger partial charge in [-0.2, -0.15) is 0 Å². The molecule has 3 fully saturated rings. The van der Waals surface area contributed by atoms with Gasteiger partial charge < -0.3 is 14.4 Å². The predicted octanol–water partition coefficient (Wildman–Crippen LogP) is 1.19. The molecule has 0 bridgehead atoms. The van der Waals surface area contributed by atoms with Gasteiger partial charge in [0.2, 0.25) is 5.91 Å². The molecule has 0 N–H and O–H groups in total. The Kier molecular flexibility index (Phi) is 3.34. The summed E-state index contributed by atoms with van der Waals surface area (Å²) in [6.45, 7) is 3.17. The molecule has 0 radical (unpaired) electrons. The number of hydrogen-bond acceptors (Lipinski definition) is 3. The van der Waals surface area contributed by atoms with Crippen LogP contribution in [0.5, 0.6) is 0 Å². The number of carbonyl (C=O) groups is 1. The molecular weight excluding hydrogens is 218 g/mol. The Hall–Kier alpha value is -0.610. The standard InChI is InChI=1S/C13H21NO3/c15-13(10-3-1-4-10)14-7-12(8-14)17-9-11-5-2-6-16-11/h10-12H,1-9H2. The number of rotatable bonds is 4. The molecule has 2 saturated heterocycles. The molecule has 17 heavy (non-hydrogen) atoms. The summed E-state index contributed by atoms with van der Waals surface area (Å²) in [7, 11) is 0. The van der Waals surface area contributed by atoms with Crippen LogP contribution < -0.4 is 0 Å². The second-order valence-corrected chi connectivity index (χ2v) is 5.46. The van der Waals surface area contributed by atoms with E-state index in [2.05, 4.69) is 0 Å². The molecule has 2 aliphatic heterocycles. The maximum absolute atomic E-state index is 11.9.